The molecule has 0 aliphatic carbocycles. The van der Waals surface area contributed by atoms with Gasteiger partial charge in [-0.05, 0) is 36.9 Å². The van der Waals surface area contributed by atoms with Gasteiger partial charge in [0, 0.05) is 25.8 Å². The van der Waals surface area contributed by atoms with Gasteiger partial charge in [-0.2, -0.15) is 0 Å². The fourth-order valence-electron chi connectivity index (χ4n) is 2.32. The predicted molar refractivity (Wildman–Crippen MR) is 83.2 cm³/mol. The van der Waals surface area contributed by atoms with Crippen LogP contribution in [0.4, 0.5) is 0 Å². The number of rotatable bonds is 7. The van der Waals surface area contributed by atoms with E-state index in [1.807, 2.05) is 25.4 Å². The summed E-state index contributed by atoms with van der Waals surface area (Å²) in [6.45, 7) is 5.99. The van der Waals surface area contributed by atoms with Crippen molar-refractivity contribution in [3.8, 4) is 0 Å². The molecule has 1 aromatic carbocycles. The molecule has 0 amide bonds. The first-order valence-electron chi connectivity index (χ1n) is 7.17. The Morgan fingerprint density at radius 3 is 2.40 bits per heavy atom. The summed E-state index contributed by atoms with van der Waals surface area (Å²) in [7, 11) is 1.99. The smallest absolute Gasteiger partial charge is 0.0544 e. The van der Waals surface area contributed by atoms with Crippen LogP contribution in [0.15, 0.2) is 48.7 Å². The van der Waals surface area contributed by atoms with Gasteiger partial charge < -0.3 is 5.32 Å². The van der Waals surface area contributed by atoms with Gasteiger partial charge in [0.15, 0.2) is 0 Å². The Labute approximate surface area is 121 Å². The normalized spacial score (nSPS) is 10.9. The van der Waals surface area contributed by atoms with Crippen LogP contribution in [-0.4, -0.2) is 23.5 Å². The van der Waals surface area contributed by atoms with E-state index in [1.165, 1.54) is 11.1 Å². The van der Waals surface area contributed by atoms with Crippen molar-refractivity contribution >= 4 is 0 Å². The lowest BCUT2D eigenvalue weighted by Crippen LogP contribution is -2.24. The van der Waals surface area contributed by atoms with E-state index in [-0.39, 0.29) is 0 Å². The lowest BCUT2D eigenvalue weighted by Gasteiger charge is -2.21. The van der Waals surface area contributed by atoms with Crippen LogP contribution in [0.5, 0.6) is 0 Å². The number of benzene rings is 1. The minimum atomic E-state index is 0.894. The van der Waals surface area contributed by atoms with E-state index >= 15 is 0 Å². The van der Waals surface area contributed by atoms with Gasteiger partial charge in [0.2, 0.25) is 0 Å². The molecule has 0 spiro atoms. The molecular formula is C17H23N3. The molecule has 0 atom stereocenters. The van der Waals surface area contributed by atoms with Gasteiger partial charge in [-0.3, -0.25) is 9.88 Å². The summed E-state index contributed by atoms with van der Waals surface area (Å²) < 4.78 is 0. The Balaban J connectivity index is 2.06. The third-order valence-corrected chi connectivity index (χ3v) is 3.44. The maximum Gasteiger partial charge on any atom is 0.0544 e. The van der Waals surface area contributed by atoms with Crippen LogP contribution in [0.2, 0.25) is 0 Å². The third-order valence-electron chi connectivity index (χ3n) is 3.44. The molecule has 0 unspecified atom stereocenters. The average Bonchev–Trinajstić information content (AvgIpc) is 2.50. The van der Waals surface area contributed by atoms with E-state index in [9.17, 15) is 0 Å². The van der Waals surface area contributed by atoms with Gasteiger partial charge in [-0.25, -0.2) is 0 Å². The van der Waals surface area contributed by atoms with Crippen molar-refractivity contribution in [2.75, 3.05) is 13.6 Å². The molecule has 0 saturated carbocycles. The standard InChI is InChI=1S/C17H23N3/c1-3-20(14-17-10-6-7-11-19-17)13-16-9-5-4-8-15(16)12-18-2/h4-11,18H,3,12-14H2,1-2H3. The first kappa shape index (κ1) is 14.7. The number of nitrogens with zero attached hydrogens (tertiary/aromatic N) is 2. The molecule has 0 saturated heterocycles. The quantitative estimate of drug-likeness (QED) is 0.838. The van der Waals surface area contributed by atoms with Crippen molar-refractivity contribution in [1.82, 2.24) is 15.2 Å². The van der Waals surface area contributed by atoms with Crippen LogP contribution in [0, 0.1) is 0 Å². The van der Waals surface area contributed by atoms with Gasteiger partial charge >= 0.3 is 0 Å². The van der Waals surface area contributed by atoms with Crippen LogP contribution in [0.1, 0.15) is 23.7 Å². The van der Waals surface area contributed by atoms with Gasteiger partial charge in [0.25, 0.3) is 0 Å². The zero-order chi connectivity index (χ0) is 14.2. The molecule has 0 aliphatic heterocycles. The van der Waals surface area contributed by atoms with Crippen molar-refractivity contribution in [3.63, 3.8) is 0 Å². The Bertz CT molecular complexity index is 511. The highest BCUT2D eigenvalue weighted by molar-refractivity contribution is 5.27. The summed E-state index contributed by atoms with van der Waals surface area (Å²) in [6.07, 6.45) is 1.86. The molecule has 0 aliphatic rings. The molecular weight excluding hydrogens is 246 g/mol. The summed E-state index contributed by atoms with van der Waals surface area (Å²) in [5.41, 5.74) is 3.88. The molecule has 1 N–H and O–H groups in total. The summed E-state index contributed by atoms with van der Waals surface area (Å²) in [5.74, 6) is 0. The van der Waals surface area contributed by atoms with Gasteiger partial charge in [-0.1, -0.05) is 37.3 Å². The van der Waals surface area contributed by atoms with Crippen LogP contribution in [0.25, 0.3) is 0 Å². The predicted octanol–water partition coefficient (Wildman–Crippen LogP) is 2.82. The molecule has 3 nitrogen and oxygen atoms in total. The number of nitrogens with one attached hydrogen (secondary N) is 1. The molecule has 20 heavy (non-hydrogen) atoms. The van der Waals surface area contributed by atoms with Gasteiger partial charge in [0.05, 0.1) is 5.69 Å². The lowest BCUT2D eigenvalue weighted by atomic mass is 10.1. The molecule has 0 radical (unpaired) electrons. The second kappa shape index (κ2) is 7.78. The summed E-state index contributed by atoms with van der Waals surface area (Å²) in [6, 6.07) is 14.7. The Kier molecular flexibility index (Phi) is 5.71. The monoisotopic (exact) mass is 269 g/mol. The molecule has 1 aromatic heterocycles. The highest BCUT2D eigenvalue weighted by Gasteiger charge is 2.08. The third kappa shape index (κ3) is 4.15. The van der Waals surface area contributed by atoms with E-state index in [1.54, 1.807) is 0 Å². The van der Waals surface area contributed by atoms with E-state index in [0.717, 1.165) is 31.9 Å². The van der Waals surface area contributed by atoms with Crippen molar-refractivity contribution in [2.24, 2.45) is 0 Å². The number of hydrogen-bond donors (Lipinski definition) is 1. The highest BCUT2D eigenvalue weighted by atomic mass is 15.1. The first-order chi connectivity index (χ1) is 9.83. The summed E-state index contributed by atoms with van der Waals surface area (Å²) >= 11 is 0. The number of pyridine rings is 1. The van der Waals surface area contributed by atoms with E-state index in [0.29, 0.717) is 0 Å². The fourth-order valence-corrected chi connectivity index (χ4v) is 2.32. The van der Waals surface area contributed by atoms with Crippen molar-refractivity contribution < 1.29 is 0 Å². The largest absolute Gasteiger partial charge is 0.316 e. The second-order valence-electron chi connectivity index (χ2n) is 4.92. The van der Waals surface area contributed by atoms with Crippen molar-refractivity contribution in [2.45, 2.75) is 26.6 Å². The topological polar surface area (TPSA) is 28.2 Å². The maximum absolute atomic E-state index is 4.41. The highest BCUT2D eigenvalue weighted by Crippen LogP contribution is 2.13. The Morgan fingerprint density at radius 1 is 1.00 bits per heavy atom. The molecule has 106 valence electrons. The summed E-state index contributed by atoms with van der Waals surface area (Å²) in [5, 5.41) is 3.23. The van der Waals surface area contributed by atoms with E-state index in [2.05, 4.69) is 52.5 Å². The van der Waals surface area contributed by atoms with Crippen LogP contribution >= 0.6 is 0 Å². The molecule has 0 bridgehead atoms. The molecule has 2 aromatic rings. The first-order valence-corrected chi connectivity index (χ1v) is 7.17. The number of aromatic nitrogens is 1. The number of hydrogen-bond acceptors (Lipinski definition) is 3. The van der Waals surface area contributed by atoms with Crippen LogP contribution in [0.3, 0.4) is 0 Å². The lowest BCUT2D eigenvalue weighted by molar-refractivity contribution is 0.267. The van der Waals surface area contributed by atoms with E-state index < -0.39 is 0 Å². The maximum atomic E-state index is 4.41. The van der Waals surface area contributed by atoms with Crippen LogP contribution < -0.4 is 5.32 Å². The van der Waals surface area contributed by atoms with Crippen molar-refractivity contribution in [3.05, 3.63) is 65.5 Å². The average molecular weight is 269 g/mol. The molecule has 2 rings (SSSR count). The SMILES string of the molecule is CCN(Cc1ccccn1)Cc1ccccc1CNC. The van der Waals surface area contributed by atoms with Gasteiger partial charge in [-0.15, -0.1) is 0 Å². The second-order valence-corrected chi connectivity index (χ2v) is 4.92. The zero-order valence-electron chi connectivity index (χ0n) is 12.3. The molecule has 1 heterocycles. The Morgan fingerprint density at radius 2 is 1.75 bits per heavy atom. The fraction of sp³-hybridized carbons (Fsp3) is 0.353. The summed E-state index contributed by atoms with van der Waals surface area (Å²) in [4.78, 5) is 6.83. The Hall–Kier alpha value is -1.71. The zero-order valence-corrected chi connectivity index (χ0v) is 12.3. The minimum absolute atomic E-state index is 0.894. The van der Waals surface area contributed by atoms with Crippen molar-refractivity contribution in [1.29, 1.82) is 0 Å². The van der Waals surface area contributed by atoms with Gasteiger partial charge in [0.1, 0.15) is 0 Å². The molecule has 3 heteroatoms. The van der Waals surface area contributed by atoms with Crippen LogP contribution in [-0.2, 0) is 19.6 Å². The minimum Gasteiger partial charge on any atom is -0.316 e. The molecule has 0 fully saturated rings. The van der Waals surface area contributed by atoms with E-state index in [4.69, 9.17) is 0 Å².